The number of carbonyl (C=O) groups excluding carboxylic acids is 2. The molecule has 0 rings (SSSR count). The van der Waals surface area contributed by atoms with Gasteiger partial charge >= 0.3 is 5.97 Å². The molecule has 0 aliphatic rings. The van der Waals surface area contributed by atoms with Crippen LogP contribution in [-0.4, -0.2) is 28.9 Å². The Kier molecular flexibility index (Phi) is 6.14. The molecule has 0 heterocycles. The van der Waals surface area contributed by atoms with Gasteiger partial charge in [-0.3, -0.25) is 14.4 Å². The number of nitrogens with one attached hydrogen (secondary N) is 1. The molecule has 0 aromatic heterocycles. The number of carboxylic acid groups (broad SMARTS) is 1. The van der Waals surface area contributed by atoms with E-state index in [1.807, 2.05) is 13.8 Å². The highest BCUT2D eigenvalue weighted by Crippen LogP contribution is 2.02. The molecular formula is C10H18N2O4. The highest BCUT2D eigenvalue weighted by atomic mass is 16.4. The highest BCUT2D eigenvalue weighted by Gasteiger charge is 2.19. The smallest absolute Gasteiger partial charge is 0.303 e. The highest BCUT2D eigenvalue weighted by molar-refractivity contribution is 5.86. The van der Waals surface area contributed by atoms with E-state index in [-0.39, 0.29) is 31.1 Å². The lowest BCUT2D eigenvalue weighted by atomic mass is 10.1. The summed E-state index contributed by atoms with van der Waals surface area (Å²) in [7, 11) is 0. The van der Waals surface area contributed by atoms with Crippen LogP contribution in [-0.2, 0) is 14.4 Å². The van der Waals surface area contributed by atoms with E-state index in [2.05, 4.69) is 5.32 Å². The molecule has 4 N–H and O–H groups in total. The summed E-state index contributed by atoms with van der Waals surface area (Å²) < 4.78 is 0. The van der Waals surface area contributed by atoms with Gasteiger partial charge in [0, 0.05) is 12.8 Å². The van der Waals surface area contributed by atoms with E-state index in [1.54, 1.807) is 0 Å². The van der Waals surface area contributed by atoms with Gasteiger partial charge in [0.2, 0.25) is 11.8 Å². The first-order chi connectivity index (χ1) is 7.32. The van der Waals surface area contributed by atoms with Crippen molar-refractivity contribution in [2.45, 2.75) is 39.2 Å². The normalized spacial score (nSPS) is 12.2. The number of rotatable bonds is 7. The van der Waals surface area contributed by atoms with Crippen LogP contribution in [0.15, 0.2) is 0 Å². The molecule has 6 heteroatoms. The van der Waals surface area contributed by atoms with Crippen molar-refractivity contribution >= 4 is 17.8 Å². The van der Waals surface area contributed by atoms with Crippen molar-refractivity contribution in [3.05, 3.63) is 0 Å². The Morgan fingerprint density at radius 1 is 1.31 bits per heavy atom. The zero-order chi connectivity index (χ0) is 12.7. The Balaban J connectivity index is 4.17. The molecule has 0 aliphatic heterocycles. The number of nitrogens with two attached hydrogens (primary N) is 1. The number of carbonyl (C=O) groups is 3. The third-order valence-corrected chi connectivity index (χ3v) is 1.92. The molecule has 1 atom stereocenters. The summed E-state index contributed by atoms with van der Waals surface area (Å²) in [6.07, 6.45) is 0.112. The quantitative estimate of drug-likeness (QED) is 0.565. The number of carboxylic acids is 1. The predicted molar refractivity (Wildman–Crippen MR) is 57.4 cm³/mol. The molecule has 0 aliphatic carbocycles. The van der Waals surface area contributed by atoms with Gasteiger partial charge in [-0.05, 0) is 12.3 Å². The van der Waals surface area contributed by atoms with Gasteiger partial charge in [-0.15, -0.1) is 0 Å². The van der Waals surface area contributed by atoms with Crippen molar-refractivity contribution in [2.24, 2.45) is 11.7 Å². The van der Waals surface area contributed by atoms with Crippen molar-refractivity contribution in [1.29, 1.82) is 0 Å². The van der Waals surface area contributed by atoms with Crippen molar-refractivity contribution in [1.82, 2.24) is 5.32 Å². The summed E-state index contributed by atoms with van der Waals surface area (Å²) >= 11 is 0. The summed E-state index contributed by atoms with van der Waals surface area (Å²) in [6.45, 7) is 3.74. The maximum absolute atomic E-state index is 11.3. The molecule has 6 nitrogen and oxygen atoms in total. The maximum Gasteiger partial charge on any atom is 0.303 e. The van der Waals surface area contributed by atoms with Crippen LogP contribution in [0, 0.1) is 5.92 Å². The molecule has 0 saturated heterocycles. The second-order valence-electron chi connectivity index (χ2n) is 4.05. The minimum atomic E-state index is -1.02. The van der Waals surface area contributed by atoms with Gasteiger partial charge in [0.05, 0.1) is 0 Å². The number of amides is 2. The number of primary amides is 1. The lowest BCUT2D eigenvalue weighted by molar-refractivity contribution is -0.137. The average Bonchev–Trinajstić information content (AvgIpc) is 2.09. The molecule has 0 saturated carbocycles. The Morgan fingerprint density at radius 3 is 2.25 bits per heavy atom. The van der Waals surface area contributed by atoms with Crippen LogP contribution in [0.5, 0.6) is 0 Å². The largest absolute Gasteiger partial charge is 0.481 e. The van der Waals surface area contributed by atoms with Gasteiger partial charge in [-0.1, -0.05) is 13.8 Å². The average molecular weight is 230 g/mol. The molecule has 0 unspecified atom stereocenters. The van der Waals surface area contributed by atoms with E-state index in [0.29, 0.717) is 0 Å². The minimum absolute atomic E-state index is 0.0223. The standard InChI is InChI=1S/C10H18N2O4/c1-6(2)5-8(13)12-7(10(11)16)3-4-9(14)15/h6-7H,3-5H2,1-2H3,(H2,11,16)(H,12,13)(H,14,15)/t7-/m1/s1. The van der Waals surface area contributed by atoms with E-state index in [4.69, 9.17) is 10.8 Å². The first kappa shape index (κ1) is 14.4. The number of hydrogen-bond acceptors (Lipinski definition) is 3. The summed E-state index contributed by atoms with van der Waals surface area (Å²) in [5.41, 5.74) is 5.06. The second-order valence-corrected chi connectivity index (χ2v) is 4.05. The lowest BCUT2D eigenvalue weighted by Gasteiger charge is -2.15. The SMILES string of the molecule is CC(C)CC(=O)N[C@H](CCC(=O)O)C(N)=O. The van der Waals surface area contributed by atoms with E-state index < -0.39 is 17.9 Å². The number of hydrogen-bond donors (Lipinski definition) is 3. The Labute approximate surface area is 94.2 Å². The third-order valence-electron chi connectivity index (χ3n) is 1.92. The zero-order valence-corrected chi connectivity index (χ0v) is 9.53. The van der Waals surface area contributed by atoms with E-state index in [0.717, 1.165) is 0 Å². The molecule has 0 spiro atoms. The first-order valence-corrected chi connectivity index (χ1v) is 5.13. The van der Waals surface area contributed by atoms with Crippen molar-refractivity contribution in [3.63, 3.8) is 0 Å². The Bertz CT molecular complexity index is 276. The molecule has 0 aromatic carbocycles. The fourth-order valence-electron chi connectivity index (χ4n) is 1.18. The third kappa shape index (κ3) is 6.80. The van der Waals surface area contributed by atoms with Gasteiger partial charge < -0.3 is 16.2 Å². The van der Waals surface area contributed by atoms with Crippen LogP contribution < -0.4 is 11.1 Å². The van der Waals surface area contributed by atoms with Gasteiger partial charge in [0.25, 0.3) is 0 Å². The van der Waals surface area contributed by atoms with Crippen molar-refractivity contribution in [2.75, 3.05) is 0 Å². The van der Waals surface area contributed by atoms with Gasteiger partial charge in [0.15, 0.2) is 0 Å². The summed E-state index contributed by atoms with van der Waals surface area (Å²) in [6, 6.07) is -0.901. The molecule has 0 bridgehead atoms. The molecule has 0 aromatic rings. The van der Waals surface area contributed by atoms with Crippen LogP contribution in [0.3, 0.4) is 0 Å². The van der Waals surface area contributed by atoms with Crippen LogP contribution in [0.2, 0.25) is 0 Å². The van der Waals surface area contributed by atoms with Crippen LogP contribution in [0.4, 0.5) is 0 Å². The van der Waals surface area contributed by atoms with Gasteiger partial charge in [-0.2, -0.15) is 0 Å². The van der Waals surface area contributed by atoms with Crippen molar-refractivity contribution < 1.29 is 19.5 Å². The lowest BCUT2D eigenvalue weighted by Crippen LogP contribution is -2.44. The van der Waals surface area contributed by atoms with E-state index in [1.165, 1.54) is 0 Å². The van der Waals surface area contributed by atoms with Gasteiger partial charge in [0.1, 0.15) is 6.04 Å². The minimum Gasteiger partial charge on any atom is -0.481 e. The van der Waals surface area contributed by atoms with E-state index in [9.17, 15) is 14.4 Å². The second kappa shape index (κ2) is 6.81. The summed E-state index contributed by atoms with van der Waals surface area (Å²) in [4.78, 5) is 32.6. The molecule has 92 valence electrons. The Hall–Kier alpha value is -1.59. The monoisotopic (exact) mass is 230 g/mol. The molecule has 0 fully saturated rings. The topological polar surface area (TPSA) is 109 Å². The number of aliphatic carboxylic acids is 1. The molecular weight excluding hydrogens is 212 g/mol. The van der Waals surface area contributed by atoms with Crippen LogP contribution in [0.25, 0.3) is 0 Å². The Morgan fingerprint density at radius 2 is 1.88 bits per heavy atom. The zero-order valence-electron chi connectivity index (χ0n) is 9.53. The van der Waals surface area contributed by atoms with Crippen LogP contribution in [0.1, 0.15) is 33.1 Å². The summed E-state index contributed by atoms with van der Waals surface area (Å²) in [5, 5.41) is 10.9. The molecule has 16 heavy (non-hydrogen) atoms. The maximum atomic E-state index is 11.3. The summed E-state index contributed by atoms with van der Waals surface area (Å²) in [5.74, 6) is -1.85. The fourth-order valence-corrected chi connectivity index (χ4v) is 1.18. The fraction of sp³-hybridized carbons (Fsp3) is 0.700. The van der Waals surface area contributed by atoms with Crippen molar-refractivity contribution in [3.8, 4) is 0 Å². The molecule has 2 amide bonds. The predicted octanol–water partition coefficient (Wildman–Crippen LogP) is -0.133. The molecule has 0 radical (unpaired) electrons. The van der Waals surface area contributed by atoms with Gasteiger partial charge in [-0.25, -0.2) is 0 Å². The van der Waals surface area contributed by atoms with Crippen LogP contribution >= 0.6 is 0 Å². The van der Waals surface area contributed by atoms with E-state index >= 15 is 0 Å². The first-order valence-electron chi connectivity index (χ1n) is 5.13.